The summed E-state index contributed by atoms with van der Waals surface area (Å²) in [5, 5.41) is 2.19. The second kappa shape index (κ2) is 7.82. The Morgan fingerprint density at radius 2 is 1.96 bits per heavy atom. The van der Waals surface area contributed by atoms with E-state index in [0.29, 0.717) is 11.5 Å². The van der Waals surface area contributed by atoms with E-state index in [0.717, 1.165) is 5.56 Å². The van der Waals surface area contributed by atoms with Crippen molar-refractivity contribution in [1.29, 1.82) is 0 Å². The maximum Gasteiger partial charge on any atom is 0.322 e. The number of hydrogen-bond donors (Lipinski definition) is 2. The van der Waals surface area contributed by atoms with Crippen LogP contribution in [0.1, 0.15) is 12.0 Å². The van der Waals surface area contributed by atoms with Crippen LogP contribution in [-0.2, 0) is 26.1 Å². The lowest BCUT2D eigenvalue weighted by Gasteiger charge is -2.13. The lowest BCUT2D eigenvalue weighted by molar-refractivity contribution is -0.142. The standard InChI is InChI=1S/C15H22N2O6S/c1-21-13-5-4-10(6-14(13)22-2)8-17-24(19,20)11-7-12(16-9-11)15(18)23-3/h4-6,11-12,16-17H,7-9H2,1-3H3. The van der Waals surface area contributed by atoms with Crippen LogP contribution in [0, 0.1) is 0 Å². The van der Waals surface area contributed by atoms with Crippen LogP contribution >= 0.6 is 0 Å². The fraction of sp³-hybridized carbons (Fsp3) is 0.533. The molecule has 0 aliphatic carbocycles. The van der Waals surface area contributed by atoms with Gasteiger partial charge in [0.05, 0.1) is 26.6 Å². The van der Waals surface area contributed by atoms with E-state index in [2.05, 4.69) is 14.8 Å². The van der Waals surface area contributed by atoms with Gasteiger partial charge in [-0.3, -0.25) is 4.79 Å². The van der Waals surface area contributed by atoms with Gasteiger partial charge in [0.1, 0.15) is 6.04 Å². The van der Waals surface area contributed by atoms with Crippen LogP contribution in [-0.4, -0.2) is 53.6 Å². The summed E-state index contributed by atoms with van der Waals surface area (Å²) in [4.78, 5) is 11.5. The van der Waals surface area contributed by atoms with Crippen LogP contribution in [0.4, 0.5) is 0 Å². The Morgan fingerprint density at radius 1 is 1.25 bits per heavy atom. The van der Waals surface area contributed by atoms with Gasteiger partial charge < -0.3 is 19.5 Å². The van der Waals surface area contributed by atoms with Crippen molar-refractivity contribution in [3.05, 3.63) is 23.8 Å². The van der Waals surface area contributed by atoms with Crippen molar-refractivity contribution in [2.75, 3.05) is 27.9 Å². The molecule has 2 atom stereocenters. The summed E-state index contributed by atoms with van der Waals surface area (Å²) in [6.07, 6.45) is 0.188. The zero-order chi connectivity index (χ0) is 17.7. The first-order valence-corrected chi connectivity index (χ1v) is 8.96. The van der Waals surface area contributed by atoms with Gasteiger partial charge in [0.2, 0.25) is 10.0 Å². The van der Waals surface area contributed by atoms with Crippen molar-refractivity contribution in [2.45, 2.75) is 24.3 Å². The summed E-state index contributed by atoms with van der Waals surface area (Å²) in [6.45, 7) is 0.336. The molecule has 1 aromatic carbocycles. The molecule has 1 saturated heterocycles. The lowest BCUT2D eigenvalue weighted by atomic mass is 10.2. The Kier molecular flexibility index (Phi) is 6.03. The van der Waals surface area contributed by atoms with Crippen molar-refractivity contribution in [1.82, 2.24) is 10.0 Å². The molecule has 2 unspecified atom stereocenters. The molecule has 0 amide bonds. The highest BCUT2D eigenvalue weighted by molar-refractivity contribution is 7.90. The van der Waals surface area contributed by atoms with Gasteiger partial charge in [-0.15, -0.1) is 0 Å². The molecule has 9 heteroatoms. The van der Waals surface area contributed by atoms with Gasteiger partial charge in [0.15, 0.2) is 11.5 Å². The number of ether oxygens (including phenoxy) is 3. The van der Waals surface area contributed by atoms with Crippen molar-refractivity contribution in [3.63, 3.8) is 0 Å². The van der Waals surface area contributed by atoms with Crippen LogP contribution in [0.3, 0.4) is 0 Å². The molecule has 0 radical (unpaired) electrons. The summed E-state index contributed by atoms with van der Waals surface area (Å²) in [7, 11) is 0.768. The van der Waals surface area contributed by atoms with Gasteiger partial charge in [-0.2, -0.15) is 0 Å². The van der Waals surface area contributed by atoms with Crippen molar-refractivity contribution < 1.29 is 27.4 Å². The minimum absolute atomic E-state index is 0.127. The molecule has 0 spiro atoms. The van der Waals surface area contributed by atoms with Crippen LogP contribution in [0.2, 0.25) is 0 Å². The highest BCUT2D eigenvalue weighted by Crippen LogP contribution is 2.27. The lowest BCUT2D eigenvalue weighted by Crippen LogP contribution is -2.35. The number of hydrogen-bond acceptors (Lipinski definition) is 7. The first kappa shape index (κ1) is 18.5. The number of methoxy groups -OCH3 is 3. The Labute approximate surface area is 141 Å². The van der Waals surface area contributed by atoms with Gasteiger partial charge in [-0.1, -0.05) is 6.07 Å². The summed E-state index contributed by atoms with van der Waals surface area (Å²) in [5.74, 6) is 0.653. The van der Waals surface area contributed by atoms with E-state index < -0.39 is 27.3 Å². The maximum atomic E-state index is 12.4. The minimum Gasteiger partial charge on any atom is -0.493 e. The first-order valence-electron chi connectivity index (χ1n) is 7.42. The smallest absolute Gasteiger partial charge is 0.322 e. The average Bonchev–Trinajstić information content (AvgIpc) is 3.10. The monoisotopic (exact) mass is 358 g/mol. The second-order valence-electron chi connectivity index (χ2n) is 5.40. The van der Waals surface area contributed by atoms with Gasteiger partial charge in [0, 0.05) is 13.1 Å². The molecule has 1 fully saturated rings. The summed E-state index contributed by atoms with van der Waals surface area (Å²) in [5.41, 5.74) is 0.742. The maximum absolute atomic E-state index is 12.4. The molecule has 24 heavy (non-hydrogen) atoms. The number of rotatable bonds is 7. The SMILES string of the molecule is COC(=O)C1CC(S(=O)(=O)NCc2ccc(OC)c(OC)c2)CN1. The largest absolute Gasteiger partial charge is 0.493 e. The quantitative estimate of drug-likeness (QED) is 0.663. The van der Waals surface area contributed by atoms with E-state index in [1.54, 1.807) is 18.2 Å². The number of benzene rings is 1. The predicted molar refractivity (Wildman–Crippen MR) is 87.5 cm³/mol. The number of nitrogens with one attached hydrogen (secondary N) is 2. The Morgan fingerprint density at radius 3 is 2.58 bits per heavy atom. The third-order valence-corrected chi connectivity index (χ3v) is 5.72. The molecule has 0 aromatic heterocycles. The third-order valence-electron chi connectivity index (χ3n) is 3.94. The number of carbonyl (C=O) groups excluding carboxylic acids is 1. The topological polar surface area (TPSA) is 103 Å². The van der Waals surface area contributed by atoms with Gasteiger partial charge in [-0.05, 0) is 24.1 Å². The molecule has 1 aliphatic rings. The molecule has 134 valence electrons. The van der Waals surface area contributed by atoms with Crippen LogP contribution in [0.15, 0.2) is 18.2 Å². The molecule has 2 N–H and O–H groups in total. The van der Waals surface area contributed by atoms with Crippen molar-refractivity contribution in [3.8, 4) is 11.5 Å². The Hall–Kier alpha value is -1.84. The average molecular weight is 358 g/mol. The second-order valence-corrected chi connectivity index (χ2v) is 7.44. The van der Waals surface area contributed by atoms with Gasteiger partial charge in [-0.25, -0.2) is 13.1 Å². The minimum atomic E-state index is -3.56. The molecule has 2 rings (SSSR count). The molecule has 0 bridgehead atoms. The van der Waals surface area contributed by atoms with Crippen molar-refractivity contribution >= 4 is 16.0 Å². The van der Waals surface area contributed by atoms with Crippen LogP contribution < -0.4 is 19.5 Å². The van der Waals surface area contributed by atoms with E-state index >= 15 is 0 Å². The molecule has 1 aliphatic heterocycles. The number of carbonyl (C=O) groups is 1. The van der Waals surface area contributed by atoms with Crippen molar-refractivity contribution in [2.24, 2.45) is 0 Å². The first-order chi connectivity index (χ1) is 11.4. The zero-order valence-corrected chi connectivity index (χ0v) is 14.7. The van der Waals surface area contributed by atoms with E-state index in [1.807, 2.05) is 0 Å². The number of esters is 1. The fourth-order valence-electron chi connectivity index (χ4n) is 2.55. The summed E-state index contributed by atoms with van der Waals surface area (Å²) in [6, 6.07) is 4.60. The number of sulfonamides is 1. The Balaban J connectivity index is 1.99. The highest BCUT2D eigenvalue weighted by Gasteiger charge is 2.37. The third kappa shape index (κ3) is 4.16. The molecule has 1 heterocycles. The zero-order valence-electron chi connectivity index (χ0n) is 13.9. The summed E-state index contributed by atoms with van der Waals surface area (Å²) < 4.78 is 42.3. The molecular formula is C15H22N2O6S. The van der Waals surface area contributed by atoms with E-state index in [1.165, 1.54) is 21.3 Å². The van der Waals surface area contributed by atoms with Crippen LogP contribution in [0.5, 0.6) is 11.5 Å². The molecule has 0 saturated carbocycles. The summed E-state index contributed by atoms with van der Waals surface area (Å²) >= 11 is 0. The van der Waals surface area contributed by atoms with Gasteiger partial charge >= 0.3 is 5.97 Å². The molecule has 8 nitrogen and oxygen atoms in total. The van der Waals surface area contributed by atoms with E-state index in [4.69, 9.17) is 9.47 Å². The fourth-order valence-corrected chi connectivity index (χ4v) is 3.92. The van der Waals surface area contributed by atoms with E-state index in [-0.39, 0.29) is 19.5 Å². The highest BCUT2D eigenvalue weighted by atomic mass is 32.2. The van der Waals surface area contributed by atoms with Gasteiger partial charge in [0.25, 0.3) is 0 Å². The van der Waals surface area contributed by atoms with Crippen LogP contribution in [0.25, 0.3) is 0 Å². The predicted octanol–water partition coefficient (Wildman–Crippen LogP) is 0.0267. The normalized spacial score (nSPS) is 20.6. The molecule has 1 aromatic rings. The molecular weight excluding hydrogens is 336 g/mol. The Bertz CT molecular complexity index is 691. The van der Waals surface area contributed by atoms with E-state index in [9.17, 15) is 13.2 Å².